The molecule has 176 valence electrons. The SMILES string of the molecule is CCc1cccc2c([C@@H](CC(=O)NCCc3ccccn3)c3cccc(OC)c3OC)c[nH]c12. The number of hydrogen-bond donors (Lipinski definition) is 2. The molecule has 2 aromatic heterocycles. The van der Waals surface area contributed by atoms with Crippen LogP contribution in [0.25, 0.3) is 10.9 Å². The fraction of sp³-hybridized carbons (Fsp3) is 0.286. The lowest BCUT2D eigenvalue weighted by atomic mass is 9.86. The van der Waals surface area contributed by atoms with Gasteiger partial charge >= 0.3 is 0 Å². The van der Waals surface area contributed by atoms with Crippen LogP contribution in [0.4, 0.5) is 0 Å². The van der Waals surface area contributed by atoms with Crippen LogP contribution in [-0.4, -0.2) is 36.6 Å². The summed E-state index contributed by atoms with van der Waals surface area (Å²) in [7, 11) is 3.26. The average Bonchev–Trinajstić information content (AvgIpc) is 3.31. The van der Waals surface area contributed by atoms with E-state index >= 15 is 0 Å². The molecule has 4 rings (SSSR count). The van der Waals surface area contributed by atoms with E-state index in [1.165, 1.54) is 5.56 Å². The Morgan fingerprint density at radius 3 is 2.62 bits per heavy atom. The Bertz CT molecular complexity index is 1250. The molecule has 1 atom stereocenters. The maximum absolute atomic E-state index is 13.1. The first-order valence-corrected chi connectivity index (χ1v) is 11.6. The summed E-state index contributed by atoms with van der Waals surface area (Å²) in [5.41, 5.74) is 5.31. The van der Waals surface area contributed by atoms with Crippen molar-refractivity contribution in [3.8, 4) is 11.5 Å². The Morgan fingerprint density at radius 2 is 1.88 bits per heavy atom. The first-order valence-electron chi connectivity index (χ1n) is 11.6. The fourth-order valence-electron chi connectivity index (χ4n) is 4.53. The zero-order chi connectivity index (χ0) is 23.9. The summed E-state index contributed by atoms with van der Waals surface area (Å²) in [6.07, 6.45) is 5.69. The maximum atomic E-state index is 13.1. The molecule has 0 spiro atoms. The van der Waals surface area contributed by atoms with Gasteiger partial charge in [-0.15, -0.1) is 0 Å². The second-order valence-electron chi connectivity index (χ2n) is 8.20. The number of aryl methyl sites for hydroxylation is 1. The van der Waals surface area contributed by atoms with E-state index in [2.05, 4.69) is 40.4 Å². The van der Waals surface area contributed by atoms with E-state index in [0.29, 0.717) is 24.5 Å². The van der Waals surface area contributed by atoms with E-state index in [-0.39, 0.29) is 18.2 Å². The first kappa shape index (κ1) is 23.4. The predicted octanol–water partition coefficient (Wildman–Crippen LogP) is 5.02. The molecular formula is C28H31N3O3. The molecular weight excluding hydrogens is 426 g/mol. The number of fused-ring (bicyclic) bond motifs is 1. The van der Waals surface area contributed by atoms with Gasteiger partial charge < -0.3 is 19.8 Å². The topological polar surface area (TPSA) is 76.2 Å². The molecule has 0 aliphatic heterocycles. The lowest BCUT2D eigenvalue weighted by molar-refractivity contribution is -0.121. The fourth-order valence-corrected chi connectivity index (χ4v) is 4.53. The number of H-pyrrole nitrogens is 1. The van der Waals surface area contributed by atoms with Crippen molar-refractivity contribution >= 4 is 16.8 Å². The van der Waals surface area contributed by atoms with Crippen molar-refractivity contribution in [2.45, 2.75) is 32.1 Å². The number of nitrogens with zero attached hydrogens (tertiary/aromatic N) is 1. The molecule has 2 aromatic carbocycles. The number of carbonyl (C=O) groups is 1. The van der Waals surface area contributed by atoms with Gasteiger partial charge in [-0.25, -0.2) is 0 Å². The number of ether oxygens (including phenoxy) is 2. The van der Waals surface area contributed by atoms with Crippen molar-refractivity contribution in [3.63, 3.8) is 0 Å². The summed E-state index contributed by atoms with van der Waals surface area (Å²) in [6.45, 7) is 2.68. The Morgan fingerprint density at radius 1 is 1.03 bits per heavy atom. The number of para-hydroxylation sites is 2. The Hall–Kier alpha value is -3.80. The summed E-state index contributed by atoms with van der Waals surface area (Å²) in [5.74, 6) is 1.07. The number of aromatic nitrogens is 2. The van der Waals surface area contributed by atoms with E-state index in [9.17, 15) is 4.79 Å². The molecule has 0 radical (unpaired) electrons. The van der Waals surface area contributed by atoms with Crippen LogP contribution < -0.4 is 14.8 Å². The molecule has 2 N–H and O–H groups in total. The number of pyridine rings is 1. The highest BCUT2D eigenvalue weighted by Crippen LogP contribution is 2.42. The molecule has 6 heteroatoms. The van der Waals surface area contributed by atoms with Gasteiger partial charge in [-0.3, -0.25) is 9.78 Å². The molecule has 0 fully saturated rings. The maximum Gasteiger partial charge on any atom is 0.220 e. The van der Waals surface area contributed by atoms with Crippen LogP contribution in [0.1, 0.15) is 41.6 Å². The molecule has 0 saturated carbocycles. The molecule has 0 aliphatic carbocycles. The third-order valence-electron chi connectivity index (χ3n) is 6.22. The first-order chi connectivity index (χ1) is 16.7. The summed E-state index contributed by atoms with van der Waals surface area (Å²) >= 11 is 0. The third-order valence-corrected chi connectivity index (χ3v) is 6.22. The minimum absolute atomic E-state index is 0.0215. The van der Waals surface area contributed by atoms with Crippen molar-refractivity contribution in [1.29, 1.82) is 0 Å². The molecule has 4 aromatic rings. The van der Waals surface area contributed by atoms with Gasteiger partial charge in [-0.05, 0) is 35.7 Å². The minimum atomic E-state index is -0.208. The molecule has 2 heterocycles. The standard InChI is InChI=1S/C28H31N3O3/c1-4-19-9-7-11-21-24(18-31-27(19)21)23(22-12-8-13-25(33-2)28(22)34-3)17-26(32)30-16-14-20-10-5-6-15-29-20/h5-13,15,18,23,31H,4,14,16-17H2,1-3H3,(H,30,32)/t23-/m0/s1. The largest absolute Gasteiger partial charge is 0.493 e. The highest BCUT2D eigenvalue weighted by atomic mass is 16.5. The van der Waals surface area contributed by atoms with E-state index in [1.807, 2.05) is 42.6 Å². The lowest BCUT2D eigenvalue weighted by Gasteiger charge is -2.21. The van der Waals surface area contributed by atoms with Crippen LogP contribution in [0.3, 0.4) is 0 Å². The Kier molecular flexibility index (Phi) is 7.48. The third kappa shape index (κ3) is 4.91. The number of methoxy groups -OCH3 is 2. The van der Waals surface area contributed by atoms with E-state index in [1.54, 1.807) is 20.4 Å². The smallest absolute Gasteiger partial charge is 0.220 e. The minimum Gasteiger partial charge on any atom is -0.493 e. The zero-order valence-corrected chi connectivity index (χ0v) is 19.9. The van der Waals surface area contributed by atoms with Gasteiger partial charge in [0.05, 0.1) is 14.2 Å². The average molecular weight is 458 g/mol. The highest BCUT2D eigenvalue weighted by molar-refractivity contribution is 5.88. The Labute approximate surface area is 200 Å². The van der Waals surface area contributed by atoms with Gasteiger partial charge in [0.1, 0.15) is 0 Å². The molecule has 0 bridgehead atoms. The second-order valence-corrected chi connectivity index (χ2v) is 8.20. The molecule has 1 amide bonds. The summed E-state index contributed by atoms with van der Waals surface area (Å²) in [4.78, 5) is 20.9. The summed E-state index contributed by atoms with van der Waals surface area (Å²) in [6, 6.07) is 17.9. The van der Waals surface area contributed by atoms with Gasteiger partial charge in [0.2, 0.25) is 5.91 Å². The van der Waals surface area contributed by atoms with Gasteiger partial charge in [0.25, 0.3) is 0 Å². The van der Waals surface area contributed by atoms with Crippen molar-refractivity contribution in [1.82, 2.24) is 15.3 Å². The number of aromatic amines is 1. The molecule has 34 heavy (non-hydrogen) atoms. The zero-order valence-electron chi connectivity index (χ0n) is 19.9. The van der Waals surface area contributed by atoms with Crippen molar-refractivity contribution in [2.24, 2.45) is 0 Å². The number of carbonyl (C=O) groups excluding carboxylic acids is 1. The number of rotatable bonds is 10. The molecule has 0 unspecified atom stereocenters. The highest BCUT2D eigenvalue weighted by Gasteiger charge is 2.26. The van der Waals surface area contributed by atoms with Gasteiger partial charge in [-0.1, -0.05) is 43.3 Å². The molecule has 6 nitrogen and oxygen atoms in total. The molecule has 0 aliphatic rings. The normalized spacial score (nSPS) is 11.9. The van der Waals surface area contributed by atoms with E-state index in [0.717, 1.165) is 34.1 Å². The second kappa shape index (κ2) is 10.9. The van der Waals surface area contributed by atoms with Crippen molar-refractivity contribution in [3.05, 3.63) is 89.4 Å². The van der Waals surface area contributed by atoms with Crippen LogP contribution in [0.5, 0.6) is 11.5 Å². The quantitative estimate of drug-likeness (QED) is 0.350. The van der Waals surface area contributed by atoms with Crippen LogP contribution in [0.2, 0.25) is 0 Å². The van der Waals surface area contributed by atoms with Crippen LogP contribution >= 0.6 is 0 Å². The number of nitrogens with one attached hydrogen (secondary N) is 2. The monoisotopic (exact) mass is 457 g/mol. The Balaban J connectivity index is 1.66. The predicted molar refractivity (Wildman–Crippen MR) is 135 cm³/mol. The van der Waals surface area contributed by atoms with Crippen molar-refractivity contribution in [2.75, 3.05) is 20.8 Å². The summed E-state index contributed by atoms with van der Waals surface area (Å²) < 4.78 is 11.3. The van der Waals surface area contributed by atoms with E-state index < -0.39 is 0 Å². The van der Waals surface area contributed by atoms with E-state index in [4.69, 9.17) is 9.47 Å². The van der Waals surface area contributed by atoms with Crippen LogP contribution in [0, 0.1) is 0 Å². The van der Waals surface area contributed by atoms with Crippen LogP contribution in [0.15, 0.2) is 67.0 Å². The van der Waals surface area contributed by atoms with Crippen molar-refractivity contribution < 1.29 is 14.3 Å². The molecule has 0 saturated heterocycles. The van der Waals surface area contributed by atoms with Gasteiger partial charge in [0, 0.05) is 59.9 Å². The van der Waals surface area contributed by atoms with Gasteiger partial charge in [-0.2, -0.15) is 0 Å². The van der Waals surface area contributed by atoms with Gasteiger partial charge in [0.15, 0.2) is 11.5 Å². The number of benzene rings is 2. The van der Waals surface area contributed by atoms with Crippen LogP contribution in [-0.2, 0) is 17.6 Å². The number of hydrogen-bond acceptors (Lipinski definition) is 4. The lowest BCUT2D eigenvalue weighted by Crippen LogP contribution is -2.27. The number of amides is 1. The summed E-state index contributed by atoms with van der Waals surface area (Å²) in [5, 5.41) is 4.19.